The number of carboxylic acids is 1. The summed E-state index contributed by atoms with van der Waals surface area (Å²) < 4.78 is 5.10. The number of hydrogen-bond donors (Lipinski definition) is 2. The van der Waals surface area contributed by atoms with Crippen LogP contribution in [0.2, 0.25) is 0 Å². The van der Waals surface area contributed by atoms with Crippen LogP contribution in [0.25, 0.3) is 0 Å². The van der Waals surface area contributed by atoms with Crippen LogP contribution >= 0.6 is 0 Å². The zero-order valence-corrected chi connectivity index (χ0v) is 12.7. The number of benzene rings is 1. The Bertz CT molecular complexity index is 485. The largest absolute Gasteiger partial charge is 0.504 e. The second-order valence-corrected chi connectivity index (χ2v) is 5.26. The minimum Gasteiger partial charge on any atom is -0.504 e. The number of carboxylic acid groups (broad SMARTS) is 1. The molecule has 0 aliphatic heterocycles. The molecule has 0 aromatic heterocycles. The summed E-state index contributed by atoms with van der Waals surface area (Å²) in [4.78, 5) is 13.3. The molecule has 0 aliphatic rings. The fraction of sp³-hybridized carbons (Fsp3) is 0.533. The van der Waals surface area contributed by atoms with Crippen LogP contribution in [0.4, 0.5) is 0 Å². The lowest BCUT2D eigenvalue weighted by atomic mass is 9.97. The van der Waals surface area contributed by atoms with Crippen molar-refractivity contribution in [2.24, 2.45) is 0 Å². The second kappa shape index (κ2) is 6.13. The minimum absolute atomic E-state index is 0.0731. The molecule has 0 amide bonds. The van der Waals surface area contributed by atoms with E-state index in [1.54, 1.807) is 32.0 Å². The quantitative estimate of drug-likeness (QED) is 0.839. The molecule has 5 heteroatoms. The van der Waals surface area contributed by atoms with Crippen molar-refractivity contribution >= 4 is 5.97 Å². The Morgan fingerprint density at radius 1 is 1.45 bits per heavy atom. The first-order valence-electron chi connectivity index (χ1n) is 6.62. The lowest BCUT2D eigenvalue weighted by Gasteiger charge is -2.39. The number of methoxy groups -OCH3 is 1. The highest BCUT2D eigenvalue weighted by atomic mass is 16.5. The van der Waals surface area contributed by atoms with Gasteiger partial charge in [0.2, 0.25) is 0 Å². The minimum atomic E-state index is -0.973. The van der Waals surface area contributed by atoms with Gasteiger partial charge in [-0.05, 0) is 45.0 Å². The number of aromatic hydroxyl groups is 1. The highest BCUT2D eigenvalue weighted by molar-refractivity contribution is 5.77. The Morgan fingerprint density at radius 2 is 2.05 bits per heavy atom. The third kappa shape index (κ3) is 3.04. The van der Waals surface area contributed by atoms with Crippen LogP contribution in [0.5, 0.6) is 11.5 Å². The average molecular weight is 281 g/mol. The van der Waals surface area contributed by atoms with Gasteiger partial charge in [-0.1, -0.05) is 13.0 Å². The first kappa shape index (κ1) is 16.3. The standard InChI is InChI=1S/C15H23NO4/c1-6-16(15(3,4)14(18)19)10(2)11-7-8-12(17)13(9-11)20-5/h7-10,17H,6H2,1-5H3,(H,18,19). The predicted octanol–water partition coefficient (Wildman–Crippen LogP) is 2.65. The van der Waals surface area contributed by atoms with Crippen molar-refractivity contribution in [3.63, 3.8) is 0 Å². The van der Waals surface area contributed by atoms with Gasteiger partial charge in [0, 0.05) is 6.04 Å². The zero-order valence-electron chi connectivity index (χ0n) is 12.7. The number of hydrogen-bond acceptors (Lipinski definition) is 4. The van der Waals surface area contributed by atoms with E-state index in [1.165, 1.54) is 7.11 Å². The molecule has 5 nitrogen and oxygen atoms in total. The molecule has 0 aliphatic carbocycles. The molecule has 20 heavy (non-hydrogen) atoms. The number of phenols is 1. The lowest BCUT2D eigenvalue weighted by Crippen LogP contribution is -2.50. The molecule has 1 aromatic rings. The third-order valence-corrected chi connectivity index (χ3v) is 3.74. The van der Waals surface area contributed by atoms with Crippen LogP contribution in [-0.2, 0) is 4.79 Å². The molecule has 0 saturated heterocycles. The molecule has 1 rings (SSSR count). The number of phenolic OH excluding ortho intramolecular Hbond substituents is 1. The van der Waals surface area contributed by atoms with Crippen LogP contribution in [0, 0.1) is 0 Å². The van der Waals surface area contributed by atoms with Gasteiger partial charge in [-0.3, -0.25) is 9.69 Å². The zero-order chi connectivity index (χ0) is 15.5. The first-order valence-corrected chi connectivity index (χ1v) is 6.62. The molecular weight excluding hydrogens is 258 g/mol. The maximum absolute atomic E-state index is 11.4. The van der Waals surface area contributed by atoms with Gasteiger partial charge in [0.05, 0.1) is 7.11 Å². The summed E-state index contributed by atoms with van der Waals surface area (Å²) in [5.74, 6) is -0.403. The van der Waals surface area contributed by atoms with E-state index in [0.717, 1.165) is 5.56 Å². The van der Waals surface area contributed by atoms with E-state index in [0.29, 0.717) is 12.3 Å². The molecule has 0 bridgehead atoms. The number of rotatable bonds is 6. The summed E-state index contributed by atoms with van der Waals surface area (Å²) in [6, 6.07) is 4.97. The third-order valence-electron chi connectivity index (χ3n) is 3.74. The molecule has 112 valence electrons. The molecule has 1 aromatic carbocycles. The van der Waals surface area contributed by atoms with Gasteiger partial charge in [-0.2, -0.15) is 0 Å². The Kier molecular flexibility index (Phi) is 5.00. The van der Waals surface area contributed by atoms with E-state index in [-0.39, 0.29) is 11.8 Å². The lowest BCUT2D eigenvalue weighted by molar-refractivity contribution is -0.150. The van der Waals surface area contributed by atoms with E-state index in [9.17, 15) is 15.0 Å². The van der Waals surface area contributed by atoms with Crippen LogP contribution in [0.3, 0.4) is 0 Å². The Balaban J connectivity index is 3.14. The van der Waals surface area contributed by atoms with Gasteiger partial charge in [0.15, 0.2) is 11.5 Å². The van der Waals surface area contributed by atoms with Crippen LogP contribution in [-0.4, -0.2) is 40.3 Å². The number of ether oxygens (including phenoxy) is 1. The SMILES string of the molecule is CCN(C(C)c1ccc(O)c(OC)c1)C(C)(C)C(=O)O. The molecular formula is C15H23NO4. The number of nitrogens with zero attached hydrogens (tertiary/aromatic N) is 1. The van der Waals surface area contributed by atoms with Crippen LogP contribution < -0.4 is 4.74 Å². The van der Waals surface area contributed by atoms with Crippen molar-refractivity contribution in [3.8, 4) is 11.5 Å². The van der Waals surface area contributed by atoms with E-state index in [1.807, 2.05) is 18.7 Å². The van der Waals surface area contributed by atoms with Gasteiger partial charge in [0.1, 0.15) is 5.54 Å². The summed E-state index contributed by atoms with van der Waals surface area (Å²) in [6.45, 7) is 7.85. The van der Waals surface area contributed by atoms with Crippen molar-refractivity contribution < 1.29 is 19.7 Å². The fourth-order valence-electron chi connectivity index (χ4n) is 2.41. The average Bonchev–Trinajstić information content (AvgIpc) is 2.39. The molecule has 0 saturated carbocycles. The smallest absolute Gasteiger partial charge is 0.323 e. The van der Waals surface area contributed by atoms with Gasteiger partial charge in [-0.15, -0.1) is 0 Å². The monoisotopic (exact) mass is 281 g/mol. The highest BCUT2D eigenvalue weighted by Gasteiger charge is 2.36. The van der Waals surface area contributed by atoms with E-state index >= 15 is 0 Å². The van der Waals surface area contributed by atoms with E-state index in [2.05, 4.69) is 0 Å². The first-order chi connectivity index (χ1) is 9.25. The second-order valence-electron chi connectivity index (χ2n) is 5.26. The number of aliphatic carboxylic acids is 1. The summed E-state index contributed by atoms with van der Waals surface area (Å²) in [6.07, 6.45) is 0. The number of carbonyl (C=O) groups is 1. The predicted molar refractivity (Wildman–Crippen MR) is 77.2 cm³/mol. The van der Waals surface area contributed by atoms with Crippen molar-refractivity contribution in [2.75, 3.05) is 13.7 Å². The van der Waals surface area contributed by atoms with Crippen LogP contribution in [0.15, 0.2) is 18.2 Å². The molecule has 0 fully saturated rings. The van der Waals surface area contributed by atoms with Crippen molar-refractivity contribution in [2.45, 2.75) is 39.3 Å². The van der Waals surface area contributed by atoms with Gasteiger partial charge >= 0.3 is 5.97 Å². The molecule has 0 heterocycles. The normalized spacial score (nSPS) is 13.3. The van der Waals surface area contributed by atoms with Crippen molar-refractivity contribution in [1.29, 1.82) is 0 Å². The molecule has 0 radical (unpaired) electrons. The topological polar surface area (TPSA) is 70.0 Å². The maximum atomic E-state index is 11.4. The molecule has 1 unspecified atom stereocenters. The van der Waals surface area contributed by atoms with Crippen LogP contribution in [0.1, 0.15) is 39.3 Å². The summed E-state index contributed by atoms with van der Waals surface area (Å²) in [7, 11) is 1.49. The van der Waals surface area contributed by atoms with Gasteiger partial charge in [0.25, 0.3) is 0 Å². The summed E-state index contributed by atoms with van der Waals surface area (Å²) in [5.41, 5.74) is -0.0740. The van der Waals surface area contributed by atoms with E-state index in [4.69, 9.17) is 4.74 Å². The summed E-state index contributed by atoms with van der Waals surface area (Å²) >= 11 is 0. The van der Waals surface area contributed by atoms with E-state index < -0.39 is 11.5 Å². The Labute approximate surface area is 119 Å². The Hall–Kier alpha value is -1.75. The van der Waals surface area contributed by atoms with Crippen molar-refractivity contribution in [1.82, 2.24) is 4.90 Å². The highest BCUT2D eigenvalue weighted by Crippen LogP contribution is 2.33. The van der Waals surface area contributed by atoms with Gasteiger partial charge < -0.3 is 14.9 Å². The van der Waals surface area contributed by atoms with Crippen molar-refractivity contribution in [3.05, 3.63) is 23.8 Å². The molecule has 2 N–H and O–H groups in total. The summed E-state index contributed by atoms with van der Waals surface area (Å²) in [5, 5.41) is 19.0. The van der Waals surface area contributed by atoms with Gasteiger partial charge in [-0.25, -0.2) is 0 Å². The number of likely N-dealkylation sites (N-methyl/N-ethyl adjacent to an activating group) is 1. The Morgan fingerprint density at radius 3 is 2.50 bits per heavy atom. The molecule has 1 atom stereocenters. The molecule has 0 spiro atoms. The fourth-order valence-corrected chi connectivity index (χ4v) is 2.41. The maximum Gasteiger partial charge on any atom is 0.323 e.